The third-order valence-electron chi connectivity index (χ3n) is 3.99. The number of fused-ring (bicyclic) bond motifs is 1. The van der Waals surface area contributed by atoms with Gasteiger partial charge in [0.05, 0.1) is 6.42 Å². The molecule has 1 aliphatic rings. The molecule has 3 nitrogen and oxygen atoms in total. The van der Waals surface area contributed by atoms with Gasteiger partial charge in [0.25, 0.3) is 0 Å². The topological polar surface area (TPSA) is 42.2 Å². The molecule has 0 atom stereocenters. The molecule has 1 saturated carbocycles. The van der Waals surface area contributed by atoms with Crippen molar-refractivity contribution < 1.29 is 9.90 Å². The molecule has 0 aliphatic heterocycles. The average Bonchev–Trinajstić information content (AvgIpc) is 2.53. The van der Waals surface area contributed by atoms with Crippen molar-refractivity contribution in [1.29, 1.82) is 0 Å². The average molecular weight is 243 g/mol. The van der Waals surface area contributed by atoms with Crippen LogP contribution < -0.4 is 0 Å². The first-order chi connectivity index (χ1) is 8.65. The SMILES string of the molecule is Cn1cc(C2CCC2)c2cc(CC(=O)O)ccc21. The van der Waals surface area contributed by atoms with Gasteiger partial charge in [-0.05, 0) is 42.0 Å². The molecule has 0 unspecified atom stereocenters. The predicted molar refractivity (Wildman–Crippen MR) is 70.9 cm³/mol. The Morgan fingerprint density at radius 3 is 2.83 bits per heavy atom. The maximum atomic E-state index is 10.8. The largest absolute Gasteiger partial charge is 0.481 e. The van der Waals surface area contributed by atoms with E-state index in [0.717, 1.165) is 5.56 Å². The summed E-state index contributed by atoms with van der Waals surface area (Å²) < 4.78 is 2.15. The summed E-state index contributed by atoms with van der Waals surface area (Å²) in [6.45, 7) is 0. The summed E-state index contributed by atoms with van der Waals surface area (Å²) in [5.74, 6) is -0.0933. The maximum Gasteiger partial charge on any atom is 0.307 e. The van der Waals surface area contributed by atoms with Crippen molar-refractivity contribution in [3.63, 3.8) is 0 Å². The van der Waals surface area contributed by atoms with Gasteiger partial charge in [-0.2, -0.15) is 0 Å². The van der Waals surface area contributed by atoms with E-state index in [-0.39, 0.29) is 6.42 Å². The van der Waals surface area contributed by atoms with E-state index in [1.54, 1.807) is 0 Å². The van der Waals surface area contributed by atoms with E-state index in [2.05, 4.69) is 23.9 Å². The molecule has 0 radical (unpaired) electrons. The van der Waals surface area contributed by atoms with Crippen LogP contribution in [-0.2, 0) is 18.3 Å². The van der Waals surface area contributed by atoms with Crippen LogP contribution >= 0.6 is 0 Å². The Balaban J connectivity index is 2.09. The lowest BCUT2D eigenvalue weighted by molar-refractivity contribution is -0.136. The van der Waals surface area contributed by atoms with Crippen LogP contribution in [0.5, 0.6) is 0 Å². The van der Waals surface area contributed by atoms with Gasteiger partial charge in [-0.1, -0.05) is 12.5 Å². The zero-order valence-electron chi connectivity index (χ0n) is 10.5. The number of aromatic nitrogens is 1. The first-order valence-corrected chi connectivity index (χ1v) is 6.45. The molecule has 1 N–H and O–H groups in total. The lowest BCUT2D eigenvalue weighted by Crippen LogP contribution is -2.08. The van der Waals surface area contributed by atoms with Crippen LogP contribution in [0.3, 0.4) is 0 Å². The van der Waals surface area contributed by atoms with Gasteiger partial charge < -0.3 is 9.67 Å². The molecule has 18 heavy (non-hydrogen) atoms. The van der Waals surface area contributed by atoms with Crippen molar-refractivity contribution in [2.45, 2.75) is 31.6 Å². The lowest BCUT2D eigenvalue weighted by atomic mass is 9.80. The molecule has 0 spiro atoms. The van der Waals surface area contributed by atoms with Crippen molar-refractivity contribution >= 4 is 16.9 Å². The van der Waals surface area contributed by atoms with Crippen molar-refractivity contribution in [1.82, 2.24) is 4.57 Å². The number of benzene rings is 1. The molecule has 2 aromatic rings. The molecule has 0 saturated heterocycles. The monoisotopic (exact) mass is 243 g/mol. The molecule has 1 aromatic carbocycles. The Hall–Kier alpha value is -1.77. The van der Waals surface area contributed by atoms with Gasteiger partial charge in [-0.3, -0.25) is 4.79 Å². The van der Waals surface area contributed by atoms with E-state index in [1.807, 2.05) is 12.1 Å². The Labute approximate surface area is 106 Å². The highest BCUT2D eigenvalue weighted by Gasteiger charge is 2.23. The number of hydrogen-bond donors (Lipinski definition) is 1. The second-order valence-corrected chi connectivity index (χ2v) is 5.25. The summed E-state index contributed by atoms with van der Waals surface area (Å²) in [5, 5.41) is 10.1. The first kappa shape index (κ1) is 11.3. The molecule has 3 rings (SSSR count). The Morgan fingerprint density at radius 1 is 1.44 bits per heavy atom. The number of aliphatic carboxylic acids is 1. The van der Waals surface area contributed by atoms with E-state index < -0.39 is 5.97 Å². The smallest absolute Gasteiger partial charge is 0.307 e. The summed E-state index contributed by atoms with van der Waals surface area (Å²) in [6.07, 6.45) is 6.16. The number of nitrogens with zero attached hydrogens (tertiary/aromatic N) is 1. The summed E-state index contributed by atoms with van der Waals surface area (Å²) in [4.78, 5) is 10.8. The summed E-state index contributed by atoms with van der Waals surface area (Å²) >= 11 is 0. The molecular weight excluding hydrogens is 226 g/mol. The minimum absolute atomic E-state index is 0.106. The van der Waals surface area contributed by atoms with Gasteiger partial charge >= 0.3 is 5.97 Å². The van der Waals surface area contributed by atoms with Crippen LogP contribution in [0.25, 0.3) is 10.9 Å². The molecule has 94 valence electrons. The van der Waals surface area contributed by atoms with Crippen LogP contribution in [0, 0.1) is 0 Å². The fourth-order valence-corrected chi connectivity index (χ4v) is 2.80. The van der Waals surface area contributed by atoms with E-state index in [9.17, 15) is 4.79 Å². The van der Waals surface area contributed by atoms with Crippen LogP contribution in [0.1, 0.15) is 36.3 Å². The number of aryl methyl sites for hydroxylation is 1. The fourth-order valence-electron chi connectivity index (χ4n) is 2.80. The van der Waals surface area contributed by atoms with Gasteiger partial charge in [-0.15, -0.1) is 0 Å². The van der Waals surface area contributed by atoms with Crippen LogP contribution in [0.4, 0.5) is 0 Å². The Bertz CT molecular complexity index is 608. The molecular formula is C15H17NO2. The van der Waals surface area contributed by atoms with Crippen molar-refractivity contribution in [2.75, 3.05) is 0 Å². The molecule has 1 aliphatic carbocycles. The lowest BCUT2D eigenvalue weighted by Gasteiger charge is -2.25. The van der Waals surface area contributed by atoms with E-state index in [1.165, 1.54) is 35.7 Å². The molecule has 1 heterocycles. The number of carboxylic acid groups (broad SMARTS) is 1. The van der Waals surface area contributed by atoms with Crippen LogP contribution in [0.2, 0.25) is 0 Å². The highest BCUT2D eigenvalue weighted by Crippen LogP contribution is 2.40. The maximum absolute atomic E-state index is 10.8. The number of hydrogen-bond acceptors (Lipinski definition) is 1. The quantitative estimate of drug-likeness (QED) is 0.900. The van der Waals surface area contributed by atoms with Gasteiger partial charge in [0, 0.05) is 24.1 Å². The summed E-state index contributed by atoms with van der Waals surface area (Å²) in [6, 6.07) is 6.01. The Morgan fingerprint density at radius 2 is 2.22 bits per heavy atom. The predicted octanol–water partition coefficient (Wildman–Crippen LogP) is 3.07. The van der Waals surface area contributed by atoms with E-state index >= 15 is 0 Å². The second-order valence-electron chi connectivity index (χ2n) is 5.25. The summed E-state index contributed by atoms with van der Waals surface area (Å²) in [7, 11) is 2.06. The van der Waals surface area contributed by atoms with Gasteiger partial charge in [0.15, 0.2) is 0 Å². The van der Waals surface area contributed by atoms with Gasteiger partial charge in [0.1, 0.15) is 0 Å². The minimum Gasteiger partial charge on any atom is -0.481 e. The molecule has 0 bridgehead atoms. The highest BCUT2D eigenvalue weighted by atomic mass is 16.4. The molecule has 1 aromatic heterocycles. The zero-order valence-corrected chi connectivity index (χ0v) is 10.5. The highest BCUT2D eigenvalue weighted by molar-refractivity contribution is 5.86. The number of carboxylic acids is 1. The van der Waals surface area contributed by atoms with Crippen LogP contribution in [-0.4, -0.2) is 15.6 Å². The van der Waals surface area contributed by atoms with Crippen molar-refractivity contribution in [3.8, 4) is 0 Å². The van der Waals surface area contributed by atoms with Crippen molar-refractivity contribution in [2.24, 2.45) is 7.05 Å². The standard InChI is InChI=1S/C15H17NO2/c1-16-9-13(11-3-2-4-11)12-7-10(8-15(17)18)5-6-14(12)16/h5-7,9,11H,2-4,8H2,1H3,(H,17,18). The van der Waals surface area contributed by atoms with Gasteiger partial charge in [-0.25, -0.2) is 0 Å². The number of rotatable bonds is 3. The third-order valence-corrected chi connectivity index (χ3v) is 3.99. The molecule has 1 fully saturated rings. The zero-order chi connectivity index (χ0) is 12.7. The normalized spacial score (nSPS) is 15.8. The second kappa shape index (κ2) is 4.16. The van der Waals surface area contributed by atoms with E-state index in [0.29, 0.717) is 5.92 Å². The van der Waals surface area contributed by atoms with Gasteiger partial charge in [0.2, 0.25) is 0 Å². The Kier molecular flexibility index (Phi) is 2.62. The van der Waals surface area contributed by atoms with E-state index in [4.69, 9.17) is 5.11 Å². The molecule has 3 heteroatoms. The summed E-state index contributed by atoms with van der Waals surface area (Å²) in [5.41, 5.74) is 3.49. The first-order valence-electron chi connectivity index (χ1n) is 6.45. The fraction of sp³-hybridized carbons (Fsp3) is 0.400. The minimum atomic E-state index is -0.768. The third kappa shape index (κ3) is 1.80. The number of carbonyl (C=O) groups is 1. The molecule has 0 amide bonds. The van der Waals surface area contributed by atoms with Crippen molar-refractivity contribution in [3.05, 3.63) is 35.5 Å². The van der Waals surface area contributed by atoms with Crippen LogP contribution in [0.15, 0.2) is 24.4 Å².